The maximum absolute atomic E-state index is 11.5. The van der Waals surface area contributed by atoms with E-state index in [1.54, 1.807) is 0 Å². The quantitative estimate of drug-likeness (QED) is 0.518. The molecule has 1 atom stereocenters. The van der Waals surface area contributed by atoms with E-state index in [-0.39, 0.29) is 11.8 Å². The molecule has 1 unspecified atom stereocenters. The van der Waals surface area contributed by atoms with Gasteiger partial charge in [-0.3, -0.25) is 4.79 Å². The summed E-state index contributed by atoms with van der Waals surface area (Å²) < 4.78 is 0. The summed E-state index contributed by atoms with van der Waals surface area (Å²) in [5, 5.41) is 2.91. The van der Waals surface area contributed by atoms with Gasteiger partial charge in [-0.05, 0) is 25.2 Å². The van der Waals surface area contributed by atoms with Crippen LogP contribution in [0.1, 0.15) is 40.0 Å². The number of thiocarbonyl (C=S) groups is 1. The van der Waals surface area contributed by atoms with Crippen molar-refractivity contribution in [3.8, 4) is 0 Å². The van der Waals surface area contributed by atoms with Gasteiger partial charge in [0, 0.05) is 12.5 Å². The second kappa shape index (κ2) is 7.63. The summed E-state index contributed by atoms with van der Waals surface area (Å²) in [4.78, 5) is 12.1. The van der Waals surface area contributed by atoms with E-state index in [9.17, 15) is 4.79 Å². The Balaban J connectivity index is 3.51. The average molecular weight is 230 g/mol. The highest BCUT2D eigenvalue weighted by molar-refractivity contribution is 7.80. The van der Waals surface area contributed by atoms with Gasteiger partial charge in [0.2, 0.25) is 5.91 Å². The minimum absolute atomic E-state index is 0.0839. The van der Waals surface area contributed by atoms with Gasteiger partial charge < -0.3 is 11.1 Å². The Kier molecular flexibility index (Phi) is 7.30. The van der Waals surface area contributed by atoms with Crippen LogP contribution in [0.25, 0.3) is 0 Å². The Morgan fingerprint density at radius 2 is 1.93 bits per heavy atom. The summed E-state index contributed by atoms with van der Waals surface area (Å²) in [7, 11) is 0. The molecule has 4 heteroatoms. The van der Waals surface area contributed by atoms with E-state index >= 15 is 0 Å². The first-order valence-electron chi connectivity index (χ1n) is 5.51. The number of rotatable bonds is 7. The molecule has 0 rings (SSSR count). The Morgan fingerprint density at radius 3 is 2.40 bits per heavy atom. The Morgan fingerprint density at radius 1 is 1.33 bits per heavy atom. The van der Waals surface area contributed by atoms with Gasteiger partial charge in [-0.25, -0.2) is 0 Å². The third-order valence-electron chi connectivity index (χ3n) is 2.56. The average Bonchev–Trinajstić information content (AvgIpc) is 2.15. The predicted octanol–water partition coefficient (Wildman–Crippen LogP) is 1.85. The number of carbonyl (C=O) groups excluding carboxylic acids is 1. The van der Waals surface area contributed by atoms with E-state index in [4.69, 9.17) is 18.0 Å². The second-order valence-corrected chi connectivity index (χ2v) is 4.77. The Hall–Kier alpha value is -0.640. The summed E-state index contributed by atoms with van der Waals surface area (Å²) >= 11 is 4.76. The highest BCUT2D eigenvalue weighted by Crippen LogP contribution is 2.09. The lowest BCUT2D eigenvalue weighted by atomic mass is 9.97. The SMILES string of the molecule is CC(C)C(C)C(=O)NCCCCC(N)=S. The molecule has 0 saturated carbocycles. The zero-order valence-corrected chi connectivity index (χ0v) is 10.7. The van der Waals surface area contributed by atoms with Gasteiger partial charge in [-0.1, -0.05) is 33.0 Å². The van der Waals surface area contributed by atoms with Gasteiger partial charge in [-0.15, -0.1) is 0 Å². The molecule has 0 aromatic heterocycles. The van der Waals surface area contributed by atoms with Crippen LogP contribution in [0, 0.1) is 11.8 Å². The lowest BCUT2D eigenvalue weighted by molar-refractivity contribution is -0.125. The minimum atomic E-state index is 0.0839. The summed E-state index contributed by atoms with van der Waals surface area (Å²) in [5.74, 6) is 0.613. The van der Waals surface area contributed by atoms with Gasteiger partial charge in [0.25, 0.3) is 0 Å². The van der Waals surface area contributed by atoms with Crippen LogP contribution in [0.2, 0.25) is 0 Å². The van der Waals surface area contributed by atoms with Crippen molar-refractivity contribution >= 4 is 23.1 Å². The molecule has 0 radical (unpaired) electrons. The van der Waals surface area contributed by atoms with Crippen molar-refractivity contribution in [2.24, 2.45) is 17.6 Å². The lowest BCUT2D eigenvalue weighted by Gasteiger charge is -2.15. The zero-order chi connectivity index (χ0) is 11.8. The van der Waals surface area contributed by atoms with Crippen LogP contribution in [0.5, 0.6) is 0 Å². The molecule has 0 saturated heterocycles. The maximum atomic E-state index is 11.5. The first-order chi connectivity index (χ1) is 6.95. The molecule has 0 spiro atoms. The molecule has 0 aliphatic carbocycles. The normalized spacial score (nSPS) is 12.5. The largest absolute Gasteiger partial charge is 0.393 e. The number of hydrogen-bond acceptors (Lipinski definition) is 2. The molecule has 3 N–H and O–H groups in total. The van der Waals surface area contributed by atoms with E-state index in [0.717, 1.165) is 25.8 Å². The fraction of sp³-hybridized carbons (Fsp3) is 0.818. The van der Waals surface area contributed by atoms with Crippen LogP contribution in [0.15, 0.2) is 0 Å². The molecule has 15 heavy (non-hydrogen) atoms. The highest BCUT2D eigenvalue weighted by Gasteiger charge is 2.15. The zero-order valence-electron chi connectivity index (χ0n) is 9.88. The number of amides is 1. The molecule has 0 aromatic rings. The number of hydrogen-bond donors (Lipinski definition) is 2. The maximum Gasteiger partial charge on any atom is 0.223 e. The van der Waals surface area contributed by atoms with E-state index < -0.39 is 0 Å². The summed E-state index contributed by atoms with van der Waals surface area (Å²) in [6, 6.07) is 0. The molecule has 0 bridgehead atoms. The number of carbonyl (C=O) groups is 1. The van der Waals surface area contributed by atoms with Gasteiger partial charge in [-0.2, -0.15) is 0 Å². The van der Waals surface area contributed by atoms with Crippen LogP contribution in [0.4, 0.5) is 0 Å². The van der Waals surface area contributed by atoms with Crippen LogP contribution < -0.4 is 11.1 Å². The number of nitrogens with two attached hydrogens (primary N) is 1. The molecular weight excluding hydrogens is 208 g/mol. The van der Waals surface area contributed by atoms with E-state index in [1.807, 2.05) is 6.92 Å². The van der Waals surface area contributed by atoms with Crippen LogP contribution >= 0.6 is 12.2 Å². The molecule has 3 nitrogen and oxygen atoms in total. The molecule has 0 fully saturated rings. The first kappa shape index (κ1) is 14.4. The van der Waals surface area contributed by atoms with Crippen molar-refractivity contribution in [3.05, 3.63) is 0 Å². The third kappa shape index (κ3) is 7.31. The summed E-state index contributed by atoms with van der Waals surface area (Å²) in [5.41, 5.74) is 5.37. The molecule has 0 aliphatic rings. The Bertz CT molecular complexity index is 217. The van der Waals surface area contributed by atoms with Crippen LogP contribution in [-0.4, -0.2) is 17.4 Å². The van der Waals surface area contributed by atoms with Crippen LogP contribution in [-0.2, 0) is 4.79 Å². The van der Waals surface area contributed by atoms with Crippen molar-refractivity contribution in [2.75, 3.05) is 6.54 Å². The van der Waals surface area contributed by atoms with Gasteiger partial charge in [0.15, 0.2) is 0 Å². The van der Waals surface area contributed by atoms with Gasteiger partial charge in [0.1, 0.15) is 0 Å². The van der Waals surface area contributed by atoms with Crippen LogP contribution in [0.3, 0.4) is 0 Å². The predicted molar refractivity (Wildman–Crippen MR) is 67.6 cm³/mol. The van der Waals surface area contributed by atoms with Gasteiger partial charge >= 0.3 is 0 Å². The molecule has 0 aromatic carbocycles. The van der Waals surface area contributed by atoms with Crippen molar-refractivity contribution in [2.45, 2.75) is 40.0 Å². The van der Waals surface area contributed by atoms with Crippen molar-refractivity contribution in [1.82, 2.24) is 5.32 Å². The molecular formula is C11H22N2OS. The third-order valence-corrected chi connectivity index (χ3v) is 2.77. The number of unbranched alkanes of at least 4 members (excludes halogenated alkanes) is 1. The molecule has 1 amide bonds. The van der Waals surface area contributed by atoms with Gasteiger partial charge in [0.05, 0.1) is 4.99 Å². The molecule has 88 valence electrons. The molecule has 0 heterocycles. The number of nitrogens with one attached hydrogen (secondary N) is 1. The monoisotopic (exact) mass is 230 g/mol. The van der Waals surface area contributed by atoms with Crippen molar-refractivity contribution in [3.63, 3.8) is 0 Å². The van der Waals surface area contributed by atoms with Crippen molar-refractivity contribution in [1.29, 1.82) is 0 Å². The summed E-state index contributed by atoms with van der Waals surface area (Å²) in [6.07, 6.45) is 2.66. The standard InChI is InChI=1S/C11H22N2OS/c1-8(2)9(3)11(14)13-7-5-4-6-10(12)15/h8-9H,4-7H2,1-3H3,(H2,12,15)(H,13,14). The van der Waals surface area contributed by atoms with Crippen molar-refractivity contribution < 1.29 is 4.79 Å². The van der Waals surface area contributed by atoms with E-state index in [0.29, 0.717) is 10.9 Å². The molecule has 0 aliphatic heterocycles. The highest BCUT2D eigenvalue weighted by atomic mass is 32.1. The van der Waals surface area contributed by atoms with E-state index in [2.05, 4.69) is 19.2 Å². The lowest BCUT2D eigenvalue weighted by Crippen LogP contribution is -2.32. The van der Waals surface area contributed by atoms with E-state index in [1.165, 1.54) is 0 Å². The Labute approximate surface area is 97.8 Å². The second-order valence-electron chi connectivity index (χ2n) is 4.25. The summed E-state index contributed by atoms with van der Waals surface area (Å²) in [6.45, 7) is 6.78. The smallest absolute Gasteiger partial charge is 0.223 e. The first-order valence-corrected chi connectivity index (χ1v) is 5.92. The fourth-order valence-corrected chi connectivity index (χ4v) is 1.24. The fourth-order valence-electron chi connectivity index (χ4n) is 1.10. The minimum Gasteiger partial charge on any atom is -0.393 e. The topological polar surface area (TPSA) is 55.1 Å².